The highest BCUT2D eigenvalue weighted by molar-refractivity contribution is 5.83. The molecule has 0 saturated carbocycles. The molecule has 1 aromatic carbocycles. The summed E-state index contributed by atoms with van der Waals surface area (Å²) in [5.41, 5.74) is 1.60. The molecule has 0 aliphatic rings. The van der Waals surface area contributed by atoms with Crippen LogP contribution in [0.25, 0.3) is 11.0 Å². The fraction of sp³-hybridized carbons (Fsp3) is 0.353. The van der Waals surface area contributed by atoms with Crippen LogP contribution >= 0.6 is 0 Å². The minimum Gasteiger partial charge on any atom is -0.459 e. The topological polar surface area (TPSA) is 85.6 Å². The molecule has 0 saturated heterocycles. The Hall–Kier alpha value is -2.63. The van der Waals surface area contributed by atoms with Crippen molar-refractivity contribution >= 4 is 22.8 Å². The smallest absolute Gasteiger partial charge is 0.336 e. The molecule has 2 rings (SSSR count). The van der Waals surface area contributed by atoms with Gasteiger partial charge in [0.05, 0.1) is 0 Å². The lowest BCUT2D eigenvalue weighted by molar-refractivity contribution is -0.148. The summed E-state index contributed by atoms with van der Waals surface area (Å²) in [6, 6.07) is 6.16. The molecule has 0 aliphatic heterocycles. The van der Waals surface area contributed by atoms with E-state index >= 15 is 0 Å². The van der Waals surface area contributed by atoms with E-state index in [2.05, 4.69) is 5.32 Å². The number of hydrogen-bond acceptors (Lipinski definition) is 5. The summed E-state index contributed by atoms with van der Waals surface area (Å²) in [4.78, 5) is 34.4. The Kier molecular flexibility index (Phi) is 5.16. The third-order valence-electron chi connectivity index (χ3n) is 3.45. The standard InChI is InChI=1S/C17H19NO5/c1-4-12-5-6-14-13(8-16(20)23-15(14)7-12)9-22-17(21)10(2)18-11(3)19/h5-8,10H,4,9H2,1-3H3,(H,18,19)/t10-/m0/s1. The largest absolute Gasteiger partial charge is 0.459 e. The van der Waals surface area contributed by atoms with Crippen molar-refractivity contribution in [3.8, 4) is 0 Å². The molecule has 2 aromatic rings. The highest BCUT2D eigenvalue weighted by atomic mass is 16.5. The molecular formula is C17H19NO5. The number of rotatable bonds is 5. The zero-order valence-corrected chi connectivity index (χ0v) is 13.3. The lowest BCUT2D eigenvalue weighted by Crippen LogP contribution is -2.38. The maximum absolute atomic E-state index is 11.8. The molecule has 122 valence electrons. The van der Waals surface area contributed by atoms with Crippen molar-refractivity contribution in [3.05, 3.63) is 45.8 Å². The molecule has 1 N–H and O–H groups in total. The van der Waals surface area contributed by atoms with Gasteiger partial charge in [-0.2, -0.15) is 0 Å². The van der Waals surface area contributed by atoms with Crippen LogP contribution in [0.15, 0.2) is 33.5 Å². The quantitative estimate of drug-likeness (QED) is 0.672. The van der Waals surface area contributed by atoms with E-state index in [1.165, 1.54) is 19.9 Å². The van der Waals surface area contributed by atoms with E-state index in [1.54, 1.807) is 0 Å². The van der Waals surface area contributed by atoms with Crippen LogP contribution in [-0.2, 0) is 27.4 Å². The SMILES string of the molecule is CCc1ccc2c(COC(=O)[C@H](C)NC(C)=O)cc(=O)oc2c1. The average Bonchev–Trinajstić information content (AvgIpc) is 2.50. The molecule has 0 unspecified atom stereocenters. The van der Waals surface area contributed by atoms with E-state index in [1.807, 2.05) is 25.1 Å². The van der Waals surface area contributed by atoms with Crippen LogP contribution in [-0.4, -0.2) is 17.9 Å². The predicted octanol–water partition coefficient (Wildman–Crippen LogP) is 1.92. The number of benzene rings is 1. The first-order valence-electron chi connectivity index (χ1n) is 7.40. The van der Waals surface area contributed by atoms with Crippen molar-refractivity contribution in [2.75, 3.05) is 0 Å². The Morgan fingerprint density at radius 3 is 2.70 bits per heavy atom. The van der Waals surface area contributed by atoms with E-state index in [0.29, 0.717) is 11.1 Å². The number of aryl methyl sites for hydroxylation is 1. The van der Waals surface area contributed by atoms with Gasteiger partial charge < -0.3 is 14.5 Å². The lowest BCUT2D eigenvalue weighted by Gasteiger charge is -2.12. The number of carbonyl (C=O) groups is 2. The van der Waals surface area contributed by atoms with Crippen molar-refractivity contribution in [2.24, 2.45) is 0 Å². The van der Waals surface area contributed by atoms with E-state index in [0.717, 1.165) is 17.4 Å². The van der Waals surface area contributed by atoms with Gasteiger partial charge in [-0.1, -0.05) is 19.1 Å². The fourth-order valence-corrected chi connectivity index (χ4v) is 2.25. The molecule has 0 radical (unpaired) electrons. The van der Waals surface area contributed by atoms with Gasteiger partial charge >= 0.3 is 11.6 Å². The van der Waals surface area contributed by atoms with E-state index < -0.39 is 17.6 Å². The number of esters is 1. The Morgan fingerprint density at radius 1 is 1.30 bits per heavy atom. The number of carbonyl (C=O) groups excluding carboxylic acids is 2. The summed E-state index contributed by atoms with van der Waals surface area (Å²) in [6.07, 6.45) is 0.826. The second kappa shape index (κ2) is 7.09. The summed E-state index contributed by atoms with van der Waals surface area (Å²) < 4.78 is 10.4. The second-order valence-corrected chi connectivity index (χ2v) is 5.30. The van der Waals surface area contributed by atoms with E-state index in [9.17, 15) is 14.4 Å². The number of nitrogens with one attached hydrogen (secondary N) is 1. The van der Waals surface area contributed by atoms with Gasteiger partial charge in [0.15, 0.2) is 0 Å². The van der Waals surface area contributed by atoms with Gasteiger partial charge in [0.25, 0.3) is 0 Å². The minimum atomic E-state index is -0.745. The van der Waals surface area contributed by atoms with E-state index in [4.69, 9.17) is 9.15 Å². The minimum absolute atomic E-state index is 0.0592. The summed E-state index contributed by atoms with van der Waals surface area (Å²) in [7, 11) is 0. The van der Waals surface area contributed by atoms with Gasteiger partial charge in [-0.25, -0.2) is 9.59 Å². The Bertz CT molecular complexity index is 793. The summed E-state index contributed by atoms with van der Waals surface area (Å²) >= 11 is 0. The summed E-state index contributed by atoms with van der Waals surface area (Å²) in [5, 5.41) is 3.17. The molecule has 6 heteroatoms. The predicted molar refractivity (Wildman–Crippen MR) is 84.9 cm³/mol. The van der Waals surface area contributed by atoms with Gasteiger partial charge in [0.2, 0.25) is 5.91 Å². The third kappa shape index (κ3) is 4.18. The zero-order chi connectivity index (χ0) is 17.0. The molecule has 0 spiro atoms. The van der Waals surface area contributed by atoms with Crippen LogP contribution in [0.1, 0.15) is 31.9 Å². The normalized spacial score (nSPS) is 12.0. The van der Waals surface area contributed by atoms with Crippen LogP contribution in [0.2, 0.25) is 0 Å². The fourth-order valence-electron chi connectivity index (χ4n) is 2.25. The van der Waals surface area contributed by atoms with Gasteiger partial charge in [0, 0.05) is 23.9 Å². The maximum atomic E-state index is 11.8. The first-order valence-corrected chi connectivity index (χ1v) is 7.40. The molecule has 1 aromatic heterocycles. The first-order chi connectivity index (χ1) is 10.9. The van der Waals surface area contributed by atoms with Crippen molar-refractivity contribution in [1.82, 2.24) is 5.32 Å². The number of hydrogen-bond donors (Lipinski definition) is 1. The Morgan fingerprint density at radius 2 is 2.04 bits per heavy atom. The monoisotopic (exact) mass is 317 g/mol. The molecule has 0 fully saturated rings. The van der Waals surface area contributed by atoms with Crippen molar-refractivity contribution in [1.29, 1.82) is 0 Å². The Balaban J connectivity index is 2.21. The van der Waals surface area contributed by atoms with Crippen LogP contribution in [0, 0.1) is 0 Å². The number of amides is 1. The summed E-state index contributed by atoms with van der Waals surface area (Å²) in [5.74, 6) is -0.876. The van der Waals surface area contributed by atoms with Crippen molar-refractivity contribution in [3.63, 3.8) is 0 Å². The van der Waals surface area contributed by atoms with Crippen molar-refractivity contribution < 1.29 is 18.7 Å². The summed E-state index contributed by atoms with van der Waals surface area (Å²) in [6.45, 7) is 4.81. The number of fused-ring (bicyclic) bond motifs is 1. The van der Waals surface area contributed by atoms with Crippen LogP contribution in [0.4, 0.5) is 0 Å². The maximum Gasteiger partial charge on any atom is 0.336 e. The highest BCUT2D eigenvalue weighted by Crippen LogP contribution is 2.20. The molecule has 1 amide bonds. The molecule has 0 bridgehead atoms. The Labute approximate surface area is 133 Å². The van der Waals surface area contributed by atoms with Crippen molar-refractivity contribution in [2.45, 2.75) is 39.8 Å². The van der Waals surface area contributed by atoms with Gasteiger partial charge in [-0.05, 0) is 25.0 Å². The third-order valence-corrected chi connectivity index (χ3v) is 3.45. The molecule has 0 aliphatic carbocycles. The lowest BCUT2D eigenvalue weighted by atomic mass is 10.1. The number of ether oxygens (including phenoxy) is 1. The molecule has 6 nitrogen and oxygen atoms in total. The molecule has 1 heterocycles. The van der Waals surface area contributed by atoms with Gasteiger partial charge in [-0.15, -0.1) is 0 Å². The van der Waals surface area contributed by atoms with Crippen LogP contribution < -0.4 is 10.9 Å². The average molecular weight is 317 g/mol. The molecular weight excluding hydrogens is 298 g/mol. The zero-order valence-electron chi connectivity index (χ0n) is 13.3. The van der Waals surface area contributed by atoms with E-state index in [-0.39, 0.29) is 12.5 Å². The highest BCUT2D eigenvalue weighted by Gasteiger charge is 2.16. The van der Waals surface area contributed by atoms with Gasteiger partial charge in [-0.3, -0.25) is 4.79 Å². The molecule has 1 atom stereocenters. The second-order valence-electron chi connectivity index (χ2n) is 5.30. The van der Waals surface area contributed by atoms with Crippen LogP contribution in [0.3, 0.4) is 0 Å². The first kappa shape index (κ1) is 16.7. The van der Waals surface area contributed by atoms with Crippen LogP contribution in [0.5, 0.6) is 0 Å². The van der Waals surface area contributed by atoms with Gasteiger partial charge in [0.1, 0.15) is 18.2 Å². The molecule has 23 heavy (non-hydrogen) atoms.